The molecule has 3 rings (SSSR count). The molecule has 0 aromatic heterocycles. The van der Waals surface area contributed by atoms with Gasteiger partial charge in [0.15, 0.2) is 0 Å². The van der Waals surface area contributed by atoms with E-state index in [1.807, 2.05) is 30.3 Å². The van der Waals surface area contributed by atoms with Crippen molar-refractivity contribution in [3.63, 3.8) is 0 Å². The topological polar surface area (TPSA) is 41.1 Å². The Bertz CT molecular complexity index is 610. The fraction of sp³-hybridized carbons (Fsp3) is 0.353. The molecule has 20 heavy (non-hydrogen) atoms. The monoisotopic (exact) mass is 268 g/mol. The molecule has 3 heteroatoms. The van der Waals surface area contributed by atoms with Gasteiger partial charge in [0.2, 0.25) is 5.91 Å². The summed E-state index contributed by atoms with van der Waals surface area (Å²) in [5, 5.41) is 8.72. The molecule has 104 valence electrons. The van der Waals surface area contributed by atoms with E-state index in [0.717, 1.165) is 35.8 Å². The summed E-state index contributed by atoms with van der Waals surface area (Å²) in [4.78, 5) is 12.4. The summed E-state index contributed by atoms with van der Waals surface area (Å²) in [6.07, 6.45) is 2.03. The zero-order chi connectivity index (χ0) is 13.9. The first-order valence-electron chi connectivity index (χ1n) is 7.26. The molecular formula is C17H20N2O. The summed E-state index contributed by atoms with van der Waals surface area (Å²) in [5.41, 5.74) is 0.909. The molecule has 1 heterocycles. The number of amides is 1. The van der Waals surface area contributed by atoms with Crippen LogP contribution < -0.4 is 10.6 Å². The van der Waals surface area contributed by atoms with Gasteiger partial charge in [-0.3, -0.25) is 4.79 Å². The summed E-state index contributed by atoms with van der Waals surface area (Å²) in [6.45, 7) is 2.94. The Kier molecular flexibility index (Phi) is 3.70. The number of fused-ring (bicyclic) bond motifs is 1. The van der Waals surface area contributed by atoms with Crippen molar-refractivity contribution >= 4 is 22.4 Å². The third-order valence-electron chi connectivity index (χ3n) is 4.08. The van der Waals surface area contributed by atoms with E-state index in [-0.39, 0.29) is 11.8 Å². The van der Waals surface area contributed by atoms with Gasteiger partial charge in [-0.2, -0.15) is 0 Å². The number of piperidine rings is 1. The van der Waals surface area contributed by atoms with Crippen molar-refractivity contribution < 1.29 is 4.79 Å². The van der Waals surface area contributed by atoms with Gasteiger partial charge in [0.1, 0.15) is 0 Å². The Labute approximate surface area is 119 Å². The van der Waals surface area contributed by atoms with E-state index in [1.54, 1.807) is 0 Å². The third kappa shape index (κ3) is 2.68. The van der Waals surface area contributed by atoms with Crippen LogP contribution in [-0.4, -0.2) is 18.5 Å². The Hall–Kier alpha value is -1.87. The SMILES string of the molecule is CC1CCC(C(=O)Nc2cccc3ccccc23)CN1. The van der Waals surface area contributed by atoms with Crippen LogP contribution >= 0.6 is 0 Å². The molecule has 2 atom stereocenters. The van der Waals surface area contributed by atoms with Crippen molar-refractivity contribution in [2.24, 2.45) is 5.92 Å². The van der Waals surface area contributed by atoms with Crippen LogP contribution in [0.3, 0.4) is 0 Å². The van der Waals surface area contributed by atoms with E-state index in [0.29, 0.717) is 6.04 Å². The molecule has 1 amide bonds. The molecule has 1 saturated heterocycles. The molecule has 1 fully saturated rings. The summed E-state index contributed by atoms with van der Waals surface area (Å²) in [6, 6.07) is 14.7. The van der Waals surface area contributed by atoms with Gasteiger partial charge in [0.25, 0.3) is 0 Å². The Balaban J connectivity index is 1.77. The van der Waals surface area contributed by atoms with E-state index in [1.165, 1.54) is 0 Å². The number of carbonyl (C=O) groups excluding carboxylic acids is 1. The average Bonchev–Trinajstić information content (AvgIpc) is 2.48. The van der Waals surface area contributed by atoms with Crippen LogP contribution in [0.25, 0.3) is 10.8 Å². The molecule has 2 unspecified atom stereocenters. The van der Waals surface area contributed by atoms with Crippen LogP contribution in [0.2, 0.25) is 0 Å². The molecule has 0 radical (unpaired) electrons. The van der Waals surface area contributed by atoms with E-state index in [2.05, 4.69) is 29.7 Å². The number of nitrogens with one attached hydrogen (secondary N) is 2. The van der Waals surface area contributed by atoms with Gasteiger partial charge in [-0.15, -0.1) is 0 Å². The number of rotatable bonds is 2. The molecule has 1 aliphatic rings. The smallest absolute Gasteiger partial charge is 0.228 e. The standard InChI is InChI=1S/C17H20N2O/c1-12-9-10-14(11-18-12)17(20)19-16-8-4-6-13-5-2-3-7-15(13)16/h2-8,12,14,18H,9-11H2,1H3,(H,19,20). The lowest BCUT2D eigenvalue weighted by atomic mass is 9.94. The molecule has 2 aromatic rings. The number of carbonyl (C=O) groups is 1. The molecule has 0 aliphatic carbocycles. The van der Waals surface area contributed by atoms with Crippen LogP contribution in [-0.2, 0) is 4.79 Å². The Morgan fingerprint density at radius 3 is 2.75 bits per heavy atom. The lowest BCUT2D eigenvalue weighted by molar-refractivity contribution is -0.120. The molecule has 0 bridgehead atoms. The molecule has 3 nitrogen and oxygen atoms in total. The van der Waals surface area contributed by atoms with E-state index < -0.39 is 0 Å². The third-order valence-corrected chi connectivity index (χ3v) is 4.08. The highest BCUT2D eigenvalue weighted by molar-refractivity contribution is 6.02. The van der Waals surface area contributed by atoms with Gasteiger partial charge >= 0.3 is 0 Å². The minimum Gasteiger partial charge on any atom is -0.325 e. The number of anilines is 1. The van der Waals surface area contributed by atoms with Crippen molar-refractivity contribution in [3.05, 3.63) is 42.5 Å². The first kappa shape index (κ1) is 13.1. The van der Waals surface area contributed by atoms with Crippen molar-refractivity contribution in [2.75, 3.05) is 11.9 Å². The summed E-state index contributed by atoms with van der Waals surface area (Å²) < 4.78 is 0. The maximum absolute atomic E-state index is 12.4. The maximum Gasteiger partial charge on any atom is 0.228 e. The number of benzene rings is 2. The molecule has 0 spiro atoms. The summed E-state index contributed by atoms with van der Waals surface area (Å²) >= 11 is 0. The maximum atomic E-state index is 12.4. The first-order chi connectivity index (χ1) is 9.74. The van der Waals surface area contributed by atoms with Crippen LogP contribution in [0.4, 0.5) is 5.69 Å². The highest BCUT2D eigenvalue weighted by Crippen LogP contribution is 2.24. The lowest BCUT2D eigenvalue weighted by Gasteiger charge is -2.26. The Morgan fingerprint density at radius 1 is 1.15 bits per heavy atom. The molecule has 0 saturated carbocycles. The second kappa shape index (κ2) is 5.63. The van der Waals surface area contributed by atoms with Crippen LogP contribution in [0.1, 0.15) is 19.8 Å². The van der Waals surface area contributed by atoms with Gasteiger partial charge in [-0.1, -0.05) is 36.4 Å². The number of hydrogen-bond donors (Lipinski definition) is 2. The van der Waals surface area contributed by atoms with Gasteiger partial charge in [0.05, 0.1) is 5.92 Å². The zero-order valence-corrected chi connectivity index (χ0v) is 11.7. The Morgan fingerprint density at radius 2 is 1.95 bits per heavy atom. The van der Waals surface area contributed by atoms with E-state index in [9.17, 15) is 4.79 Å². The molecule has 2 aromatic carbocycles. The quantitative estimate of drug-likeness (QED) is 0.878. The average molecular weight is 268 g/mol. The summed E-state index contributed by atoms with van der Waals surface area (Å²) in [7, 11) is 0. The predicted octanol–water partition coefficient (Wildman–Crippen LogP) is 3.17. The van der Waals surface area contributed by atoms with Crippen molar-refractivity contribution in [3.8, 4) is 0 Å². The fourth-order valence-electron chi connectivity index (χ4n) is 2.79. The normalized spacial score (nSPS) is 22.6. The molecule has 2 N–H and O–H groups in total. The van der Waals surface area contributed by atoms with Gasteiger partial charge in [-0.05, 0) is 31.2 Å². The van der Waals surface area contributed by atoms with Crippen molar-refractivity contribution in [2.45, 2.75) is 25.8 Å². The summed E-state index contributed by atoms with van der Waals surface area (Å²) in [5.74, 6) is 0.200. The highest BCUT2D eigenvalue weighted by Gasteiger charge is 2.24. The van der Waals surface area contributed by atoms with Gasteiger partial charge < -0.3 is 10.6 Å². The first-order valence-corrected chi connectivity index (χ1v) is 7.26. The largest absolute Gasteiger partial charge is 0.325 e. The van der Waals surface area contributed by atoms with E-state index in [4.69, 9.17) is 0 Å². The lowest BCUT2D eigenvalue weighted by Crippen LogP contribution is -2.41. The minimum absolute atomic E-state index is 0.0742. The van der Waals surface area contributed by atoms with Crippen molar-refractivity contribution in [1.82, 2.24) is 5.32 Å². The second-order valence-corrected chi connectivity index (χ2v) is 5.60. The minimum atomic E-state index is 0.0742. The fourth-order valence-corrected chi connectivity index (χ4v) is 2.79. The second-order valence-electron chi connectivity index (χ2n) is 5.60. The molecular weight excluding hydrogens is 248 g/mol. The van der Waals surface area contributed by atoms with Crippen LogP contribution in [0.15, 0.2) is 42.5 Å². The van der Waals surface area contributed by atoms with Crippen molar-refractivity contribution in [1.29, 1.82) is 0 Å². The van der Waals surface area contributed by atoms with E-state index >= 15 is 0 Å². The van der Waals surface area contributed by atoms with Gasteiger partial charge in [-0.25, -0.2) is 0 Å². The van der Waals surface area contributed by atoms with Gasteiger partial charge in [0, 0.05) is 23.7 Å². The van der Waals surface area contributed by atoms with Crippen LogP contribution in [0, 0.1) is 5.92 Å². The zero-order valence-electron chi connectivity index (χ0n) is 11.7. The predicted molar refractivity (Wildman–Crippen MR) is 82.8 cm³/mol. The number of hydrogen-bond acceptors (Lipinski definition) is 2. The molecule has 1 aliphatic heterocycles. The van der Waals surface area contributed by atoms with Crippen LogP contribution in [0.5, 0.6) is 0 Å². The highest BCUT2D eigenvalue weighted by atomic mass is 16.1.